The highest BCUT2D eigenvalue weighted by Crippen LogP contribution is 2.28. The van der Waals surface area contributed by atoms with Crippen LogP contribution in [0.2, 0.25) is 0 Å². The molecule has 0 aliphatic rings. The van der Waals surface area contributed by atoms with Crippen LogP contribution in [0.15, 0.2) is 36.7 Å². The quantitative estimate of drug-likeness (QED) is 0.485. The lowest BCUT2D eigenvalue weighted by molar-refractivity contribution is -0.384. The molecule has 0 aliphatic heterocycles. The zero-order valence-electron chi connectivity index (χ0n) is 10.3. The Bertz CT molecular complexity index is 623. The summed E-state index contributed by atoms with van der Waals surface area (Å²) in [5.74, 6) is -0.472. The van der Waals surface area contributed by atoms with Gasteiger partial charge in [-0.25, -0.2) is 4.39 Å². The van der Waals surface area contributed by atoms with E-state index < -0.39 is 10.7 Å². The van der Waals surface area contributed by atoms with Crippen molar-refractivity contribution in [2.45, 2.75) is 6.42 Å². The molecule has 0 unspecified atom stereocenters. The lowest BCUT2D eigenvalue weighted by Crippen LogP contribution is -2.08. The smallest absolute Gasteiger partial charge is 0.293 e. The van der Waals surface area contributed by atoms with Gasteiger partial charge >= 0.3 is 0 Å². The molecule has 20 heavy (non-hydrogen) atoms. The molecule has 0 radical (unpaired) electrons. The van der Waals surface area contributed by atoms with E-state index in [4.69, 9.17) is 0 Å². The van der Waals surface area contributed by atoms with Gasteiger partial charge < -0.3 is 5.32 Å². The fourth-order valence-electron chi connectivity index (χ4n) is 1.72. The molecular formula is C13H11FIN3O2. The van der Waals surface area contributed by atoms with E-state index >= 15 is 0 Å². The van der Waals surface area contributed by atoms with E-state index in [1.54, 1.807) is 35.0 Å². The molecule has 0 aliphatic carbocycles. The normalized spacial score (nSPS) is 10.3. The maximum absolute atomic E-state index is 13.5. The maximum atomic E-state index is 13.5. The number of nitrogens with one attached hydrogen (secondary N) is 1. The molecule has 2 rings (SSSR count). The largest absolute Gasteiger partial charge is 0.379 e. The van der Waals surface area contributed by atoms with Gasteiger partial charge in [-0.1, -0.05) is 6.07 Å². The van der Waals surface area contributed by atoms with Crippen molar-refractivity contribution in [1.82, 2.24) is 4.98 Å². The second-order valence-electron chi connectivity index (χ2n) is 4.08. The van der Waals surface area contributed by atoms with Gasteiger partial charge in [0.05, 0.1) is 8.49 Å². The van der Waals surface area contributed by atoms with Gasteiger partial charge in [0.25, 0.3) is 5.69 Å². The molecule has 1 aromatic carbocycles. The second-order valence-corrected chi connectivity index (χ2v) is 5.24. The average molecular weight is 387 g/mol. The number of nitro benzene ring substituents is 1. The molecule has 1 aromatic heterocycles. The van der Waals surface area contributed by atoms with Gasteiger partial charge in [-0.05, 0) is 40.6 Å². The number of hydrogen-bond acceptors (Lipinski definition) is 4. The molecule has 0 fully saturated rings. The lowest BCUT2D eigenvalue weighted by Gasteiger charge is -2.08. The van der Waals surface area contributed by atoms with E-state index in [2.05, 4.69) is 10.3 Å². The Morgan fingerprint density at radius 3 is 2.90 bits per heavy atom. The number of hydrogen-bond donors (Lipinski definition) is 1. The van der Waals surface area contributed by atoms with Crippen LogP contribution in [0, 0.1) is 19.5 Å². The third-order valence-electron chi connectivity index (χ3n) is 2.69. The first-order chi connectivity index (χ1) is 9.58. The zero-order chi connectivity index (χ0) is 14.5. The van der Waals surface area contributed by atoms with Crippen LogP contribution in [-0.4, -0.2) is 16.5 Å². The molecule has 104 valence electrons. The molecule has 2 aromatic rings. The summed E-state index contributed by atoms with van der Waals surface area (Å²) in [7, 11) is 0. The maximum Gasteiger partial charge on any atom is 0.293 e. The molecule has 0 spiro atoms. The van der Waals surface area contributed by atoms with Crippen LogP contribution in [0.25, 0.3) is 0 Å². The lowest BCUT2D eigenvalue weighted by atomic mass is 10.2. The van der Waals surface area contributed by atoms with Gasteiger partial charge in [-0.15, -0.1) is 0 Å². The Hall–Kier alpha value is -1.77. The predicted molar refractivity (Wildman–Crippen MR) is 82.2 cm³/mol. The summed E-state index contributed by atoms with van der Waals surface area (Å²) in [5.41, 5.74) is 1.08. The monoisotopic (exact) mass is 387 g/mol. The van der Waals surface area contributed by atoms with Gasteiger partial charge in [0.15, 0.2) is 0 Å². The van der Waals surface area contributed by atoms with E-state index in [9.17, 15) is 14.5 Å². The summed E-state index contributed by atoms with van der Waals surface area (Å²) in [6.45, 7) is 0.465. The van der Waals surface area contributed by atoms with Crippen LogP contribution >= 0.6 is 22.6 Å². The Kier molecular flexibility index (Phi) is 4.83. The molecule has 0 saturated heterocycles. The predicted octanol–water partition coefficient (Wildman–Crippen LogP) is 3.39. The van der Waals surface area contributed by atoms with Crippen molar-refractivity contribution in [3.05, 3.63) is 61.7 Å². The molecule has 0 saturated carbocycles. The second kappa shape index (κ2) is 6.60. The Morgan fingerprint density at radius 2 is 2.25 bits per heavy atom. The molecular weight excluding hydrogens is 376 g/mol. The van der Waals surface area contributed by atoms with Crippen molar-refractivity contribution < 1.29 is 9.31 Å². The van der Waals surface area contributed by atoms with Crippen LogP contribution in [-0.2, 0) is 6.42 Å². The average Bonchev–Trinajstić information content (AvgIpc) is 2.43. The van der Waals surface area contributed by atoms with Crippen molar-refractivity contribution in [1.29, 1.82) is 0 Å². The van der Waals surface area contributed by atoms with Gasteiger partial charge in [0, 0.05) is 31.1 Å². The summed E-state index contributed by atoms with van der Waals surface area (Å²) in [6, 6.07) is 6.12. The summed E-state index contributed by atoms with van der Waals surface area (Å²) in [6.07, 6.45) is 4.06. The van der Waals surface area contributed by atoms with Crippen LogP contribution in [0.4, 0.5) is 15.8 Å². The number of benzene rings is 1. The van der Waals surface area contributed by atoms with Crippen LogP contribution in [0.5, 0.6) is 0 Å². The zero-order valence-corrected chi connectivity index (χ0v) is 12.5. The topological polar surface area (TPSA) is 68.1 Å². The highest BCUT2D eigenvalue weighted by atomic mass is 127. The first-order valence-corrected chi connectivity index (χ1v) is 6.92. The standard InChI is InChI=1S/C13H11FIN3O2/c14-10-6-12(13(18(19)20)7-11(10)15)17-5-3-9-2-1-4-16-8-9/h1-2,4,6-8,17H,3,5H2. The SMILES string of the molecule is O=[N+]([O-])c1cc(I)c(F)cc1NCCc1cccnc1. The van der Waals surface area contributed by atoms with Crippen molar-refractivity contribution in [2.24, 2.45) is 0 Å². The number of aromatic nitrogens is 1. The van der Waals surface area contributed by atoms with E-state index in [1.807, 2.05) is 12.1 Å². The van der Waals surface area contributed by atoms with Gasteiger partial charge in [-0.3, -0.25) is 15.1 Å². The summed E-state index contributed by atoms with van der Waals surface area (Å²) >= 11 is 1.73. The van der Waals surface area contributed by atoms with E-state index in [-0.39, 0.29) is 14.9 Å². The first kappa shape index (κ1) is 14.6. The van der Waals surface area contributed by atoms with Crippen LogP contribution < -0.4 is 5.32 Å². The number of nitrogens with zero attached hydrogens (tertiary/aromatic N) is 2. The molecule has 1 N–H and O–H groups in total. The molecule has 0 atom stereocenters. The van der Waals surface area contributed by atoms with Gasteiger partial charge in [0.2, 0.25) is 0 Å². The number of pyridine rings is 1. The van der Waals surface area contributed by atoms with E-state index in [0.29, 0.717) is 13.0 Å². The third kappa shape index (κ3) is 3.62. The third-order valence-corrected chi connectivity index (χ3v) is 3.51. The Balaban J connectivity index is 2.09. The number of halogens is 2. The van der Waals surface area contributed by atoms with Crippen LogP contribution in [0.1, 0.15) is 5.56 Å². The van der Waals surface area contributed by atoms with Gasteiger partial charge in [-0.2, -0.15) is 0 Å². The highest BCUT2D eigenvalue weighted by molar-refractivity contribution is 14.1. The minimum atomic E-state index is -0.520. The molecule has 0 bridgehead atoms. The van der Waals surface area contributed by atoms with Crippen molar-refractivity contribution in [3.63, 3.8) is 0 Å². The van der Waals surface area contributed by atoms with E-state index in [0.717, 1.165) is 11.6 Å². The Morgan fingerprint density at radius 1 is 1.45 bits per heavy atom. The van der Waals surface area contributed by atoms with E-state index in [1.165, 1.54) is 6.07 Å². The molecule has 7 heteroatoms. The van der Waals surface area contributed by atoms with Crippen molar-refractivity contribution >= 4 is 34.0 Å². The number of anilines is 1. The van der Waals surface area contributed by atoms with Gasteiger partial charge in [0.1, 0.15) is 11.5 Å². The number of nitro groups is 1. The van der Waals surface area contributed by atoms with Crippen molar-refractivity contribution in [2.75, 3.05) is 11.9 Å². The fourth-order valence-corrected chi connectivity index (χ4v) is 2.17. The first-order valence-electron chi connectivity index (χ1n) is 5.84. The minimum Gasteiger partial charge on any atom is -0.379 e. The molecule has 0 amide bonds. The summed E-state index contributed by atoms with van der Waals surface area (Å²) in [5, 5.41) is 13.8. The molecule has 1 heterocycles. The minimum absolute atomic E-state index is 0.123. The Labute approximate surface area is 128 Å². The van der Waals surface area contributed by atoms with Crippen molar-refractivity contribution in [3.8, 4) is 0 Å². The number of rotatable bonds is 5. The van der Waals surface area contributed by atoms with Crippen LogP contribution in [0.3, 0.4) is 0 Å². The fraction of sp³-hybridized carbons (Fsp3) is 0.154. The molecule has 5 nitrogen and oxygen atoms in total. The summed E-state index contributed by atoms with van der Waals surface area (Å²) < 4.78 is 13.7. The highest BCUT2D eigenvalue weighted by Gasteiger charge is 2.17. The summed E-state index contributed by atoms with van der Waals surface area (Å²) in [4.78, 5) is 14.4.